The van der Waals surface area contributed by atoms with Crippen molar-refractivity contribution >= 4 is 15.9 Å². The first kappa shape index (κ1) is 12.3. The molecule has 1 saturated carbocycles. The van der Waals surface area contributed by atoms with E-state index >= 15 is 0 Å². The maximum Gasteiger partial charge on any atom is 0.175 e. The number of fused-ring (bicyclic) bond motifs is 1. The van der Waals surface area contributed by atoms with Gasteiger partial charge in [-0.3, -0.25) is 0 Å². The molecule has 1 aromatic carbocycles. The topological polar surface area (TPSA) is 30.5 Å². The second kappa shape index (κ2) is 5.10. The van der Waals surface area contributed by atoms with E-state index in [1.54, 1.807) is 0 Å². The summed E-state index contributed by atoms with van der Waals surface area (Å²) in [5.41, 5.74) is 1.37. The van der Waals surface area contributed by atoms with Gasteiger partial charge in [-0.2, -0.15) is 0 Å². The van der Waals surface area contributed by atoms with Crippen molar-refractivity contribution in [2.24, 2.45) is 5.92 Å². The van der Waals surface area contributed by atoms with Crippen molar-refractivity contribution in [3.63, 3.8) is 0 Å². The van der Waals surface area contributed by atoms with Crippen LogP contribution in [0.15, 0.2) is 16.6 Å². The highest BCUT2D eigenvalue weighted by atomic mass is 79.9. The molecule has 1 aliphatic carbocycles. The smallest absolute Gasteiger partial charge is 0.175 e. The number of ether oxygens (including phenoxy) is 2. The Bertz CT molecular complexity index is 450. The van der Waals surface area contributed by atoms with E-state index in [1.165, 1.54) is 12.0 Å². The fourth-order valence-corrected chi connectivity index (χ4v) is 3.13. The standard InChI is InChI=1S/C14H18BrNO2/c1-2-16-8-10-5-11(10)9-6-12(15)14-13(7-9)17-3-4-18-14/h6-7,10-11,16H,2-5,8H2,1H3. The molecule has 1 N–H and O–H groups in total. The van der Waals surface area contributed by atoms with E-state index in [1.807, 2.05) is 0 Å². The van der Waals surface area contributed by atoms with Gasteiger partial charge in [-0.15, -0.1) is 0 Å². The first-order valence-corrected chi connectivity index (χ1v) is 7.38. The van der Waals surface area contributed by atoms with E-state index in [9.17, 15) is 0 Å². The third-order valence-electron chi connectivity index (χ3n) is 3.63. The average molecular weight is 312 g/mol. The van der Waals surface area contributed by atoms with E-state index in [2.05, 4.69) is 40.3 Å². The van der Waals surface area contributed by atoms with Gasteiger partial charge in [0.15, 0.2) is 11.5 Å². The van der Waals surface area contributed by atoms with Crippen LogP contribution in [0.2, 0.25) is 0 Å². The lowest BCUT2D eigenvalue weighted by atomic mass is 10.1. The molecule has 98 valence electrons. The minimum absolute atomic E-state index is 0.636. The number of hydrogen-bond donors (Lipinski definition) is 1. The van der Waals surface area contributed by atoms with Crippen LogP contribution in [-0.4, -0.2) is 26.3 Å². The van der Waals surface area contributed by atoms with Gasteiger partial charge in [0.1, 0.15) is 13.2 Å². The lowest BCUT2D eigenvalue weighted by Gasteiger charge is -2.20. The van der Waals surface area contributed by atoms with Gasteiger partial charge in [0.25, 0.3) is 0 Å². The number of benzene rings is 1. The molecule has 2 atom stereocenters. The zero-order valence-corrected chi connectivity index (χ0v) is 12.1. The maximum atomic E-state index is 5.67. The fourth-order valence-electron chi connectivity index (χ4n) is 2.56. The minimum Gasteiger partial charge on any atom is -0.486 e. The second-order valence-corrected chi connectivity index (χ2v) is 5.79. The van der Waals surface area contributed by atoms with E-state index in [-0.39, 0.29) is 0 Å². The van der Waals surface area contributed by atoms with Gasteiger partial charge in [-0.05, 0) is 65.0 Å². The molecule has 0 saturated heterocycles. The molecule has 0 aromatic heterocycles. The van der Waals surface area contributed by atoms with Crippen LogP contribution < -0.4 is 14.8 Å². The monoisotopic (exact) mass is 311 g/mol. The highest BCUT2D eigenvalue weighted by Gasteiger charge is 2.38. The van der Waals surface area contributed by atoms with Crippen molar-refractivity contribution in [2.45, 2.75) is 19.3 Å². The number of rotatable bonds is 4. The molecule has 0 bridgehead atoms. The Morgan fingerprint density at radius 1 is 1.33 bits per heavy atom. The van der Waals surface area contributed by atoms with Gasteiger partial charge in [0.05, 0.1) is 4.47 Å². The largest absolute Gasteiger partial charge is 0.486 e. The summed E-state index contributed by atoms with van der Waals surface area (Å²) in [5, 5.41) is 3.42. The summed E-state index contributed by atoms with van der Waals surface area (Å²) in [6.45, 7) is 5.60. The summed E-state index contributed by atoms with van der Waals surface area (Å²) in [6.07, 6.45) is 1.28. The molecule has 3 rings (SSSR count). The third kappa shape index (κ3) is 2.36. The predicted molar refractivity (Wildman–Crippen MR) is 74.5 cm³/mol. The number of hydrogen-bond acceptors (Lipinski definition) is 3. The van der Waals surface area contributed by atoms with Crippen molar-refractivity contribution in [3.8, 4) is 11.5 Å². The van der Waals surface area contributed by atoms with E-state index in [4.69, 9.17) is 9.47 Å². The first-order chi connectivity index (χ1) is 8.79. The zero-order chi connectivity index (χ0) is 12.5. The van der Waals surface area contributed by atoms with Crippen LogP contribution in [0, 0.1) is 5.92 Å². The molecule has 1 fully saturated rings. The maximum absolute atomic E-state index is 5.67. The molecular weight excluding hydrogens is 294 g/mol. The Kier molecular flexibility index (Phi) is 3.48. The lowest BCUT2D eigenvalue weighted by Crippen LogP contribution is -2.17. The molecule has 4 heteroatoms. The summed E-state index contributed by atoms with van der Waals surface area (Å²) < 4.78 is 12.3. The first-order valence-electron chi connectivity index (χ1n) is 6.59. The van der Waals surface area contributed by atoms with E-state index < -0.39 is 0 Å². The highest BCUT2D eigenvalue weighted by Crippen LogP contribution is 2.50. The van der Waals surface area contributed by atoms with Crippen LogP contribution in [0.1, 0.15) is 24.8 Å². The van der Waals surface area contributed by atoms with E-state index in [0.29, 0.717) is 19.1 Å². The van der Waals surface area contributed by atoms with Gasteiger partial charge in [0.2, 0.25) is 0 Å². The molecule has 18 heavy (non-hydrogen) atoms. The lowest BCUT2D eigenvalue weighted by molar-refractivity contribution is 0.170. The van der Waals surface area contributed by atoms with Crippen LogP contribution >= 0.6 is 15.9 Å². The summed E-state index contributed by atoms with van der Waals surface area (Å²) in [5.74, 6) is 3.20. The number of halogens is 1. The molecule has 1 heterocycles. The quantitative estimate of drug-likeness (QED) is 0.927. The molecule has 0 radical (unpaired) electrons. The molecule has 1 aliphatic heterocycles. The average Bonchev–Trinajstić information content (AvgIpc) is 3.16. The van der Waals surface area contributed by atoms with Gasteiger partial charge >= 0.3 is 0 Å². The van der Waals surface area contributed by atoms with Gasteiger partial charge in [-0.25, -0.2) is 0 Å². The molecule has 0 spiro atoms. The Labute approximate surface area is 116 Å². The van der Waals surface area contributed by atoms with Crippen molar-refractivity contribution in [2.75, 3.05) is 26.3 Å². The zero-order valence-electron chi connectivity index (χ0n) is 10.5. The fraction of sp³-hybridized carbons (Fsp3) is 0.571. The van der Waals surface area contributed by atoms with Crippen LogP contribution in [-0.2, 0) is 0 Å². The molecular formula is C14H18BrNO2. The highest BCUT2D eigenvalue weighted by molar-refractivity contribution is 9.10. The summed E-state index contributed by atoms with van der Waals surface area (Å²) in [6, 6.07) is 4.33. The SMILES string of the molecule is CCNCC1CC1c1cc(Br)c2c(c1)OCCO2. The van der Waals surface area contributed by atoms with Crippen LogP contribution in [0.3, 0.4) is 0 Å². The van der Waals surface area contributed by atoms with E-state index in [0.717, 1.165) is 35.0 Å². The van der Waals surface area contributed by atoms with Crippen molar-refractivity contribution in [1.29, 1.82) is 0 Å². The minimum atomic E-state index is 0.636. The third-order valence-corrected chi connectivity index (χ3v) is 4.22. The van der Waals surface area contributed by atoms with Crippen molar-refractivity contribution in [1.82, 2.24) is 5.32 Å². The summed E-state index contributed by atoms with van der Waals surface area (Å²) in [4.78, 5) is 0. The summed E-state index contributed by atoms with van der Waals surface area (Å²) >= 11 is 3.58. The predicted octanol–water partition coefficient (Wildman–Crippen LogP) is 2.93. The molecule has 1 aromatic rings. The molecule has 3 nitrogen and oxygen atoms in total. The molecule has 0 amide bonds. The Balaban J connectivity index is 1.76. The van der Waals surface area contributed by atoms with Gasteiger partial charge < -0.3 is 14.8 Å². The van der Waals surface area contributed by atoms with Crippen LogP contribution in [0.4, 0.5) is 0 Å². The van der Waals surface area contributed by atoms with Crippen LogP contribution in [0.25, 0.3) is 0 Å². The number of nitrogens with one attached hydrogen (secondary N) is 1. The van der Waals surface area contributed by atoms with Crippen molar-refractivity contribution in [3.05, 3.63) is 22.2 Å². The van der Waals surface area contributed by atoms with Crippen molar-refractivity contribution < 1.29 is 9.47 Å². The van der Waals surface area contributed by atoms with Gasteiger partial charge in [-0.1, -0.05) is 6.92 Å². The Morgan fingerprint density at radius 2 is 2.17 bits per heavy atom. The Morgan fingerprint density at radius 3 is 3.00 bits per heavy atom. The molecule has 2 aliphatic rings. The summed E-state index contributed by atoms with van der Waals surface area (Å²) in [7, 11) is 0. The normalized spacial score (nSPS) is 25.0. The van der Waals surface area contributed by atoms with Gasteiger partial charge in [0, 0.05) is 0 Å². The molecule has 2 unspecified atom stereocenters. The Hall–Kier alpha value is -0.740. The van der Waals surface area contributed by atoms with Crippen LogP contribution in [0.5, 0.6) is 11.5 Å². The second-order valence-electron chi connectivity index (χ2n) is 4.94.